The summed E-state index contributed by atoms with van der Waals surface area (Å²) in [6.07, 6.45) is 0. The zero-order valence-electron chi connectivity index (χ0n) is 14.0. The predicted octanol–water partition coefficient (Wildman–Crippen LogP) is 3.92. The van der Waals surface area contributed by atoms with Crippen LogP contribution in [0.15, 0.2) is 40.5 Å². The van der Waals surface area contributed by atoms with Crippen molar-refractivity contribution >= 4 is 40.3 Å². The van der Waals surface area contributed by atoms with Gasteiger partial charge in [0, 0.05) is 17.2 Å². The van der Waals surface area contributed by atoms with E-state index >= 15 is 0 Å². The quantitative estimate of drug-likeness (QED) is 0.388. The number of hydrogen-bond donors (Lipinski definition) is 0. The summed E-state index contributed by atoms with van der Waals surface area (Å²) in [5.41, 5.74) is 2.73. The Hall–Kier alpha value is -1.22. The van der Waals surface area contributed by atoms with Crippen LogP contribution in [0.2, 0.25) is 0 Å². The van der Waals surface area contributed by atoms with Gasteiger partial charge in [-0.15, -0.1) is 11.8 Å². The van der Waals surface area contributed by atoms with Gasteiger partial charge in [0.25, 0.3) is 5.90 Å². The molecule has 24 heavy (non-hydrogen) atoms. The Bertz CT molecular complexity index is 748. The summed E-state index contributed by atoms with van der Waals surface area (Å²) in [4.78, 5) is 5.44. The highest BCUT2D eigenvalue weighted by atomic mass is 127. The van der Waals surface area contributed by atoms with Crippen molar-refractivity contribution in [3.63, 3.8) is 0 Å². The number of benzene rings is 1. The zero-order valence-corrected chi connectivity index (χ0v) is 16.9. The van der Waals surface area contributed by atoms with Crippen LogP contribution in [0, 0.1) is 6.92 Å². The minimum absolute atomic E-state index is 0.360. The summed E-state index contributed by atoms with van der Waals surface area (Å²) in [5, 5.41) is 9.75. The first-order valence-corrected chi connectivity index (χ1v) is 10.2. The van der Waals surface area contributed by atoms with Crippen molar-refractivity contribution in [3.8, 4) is 0 Å². The lowest BCUT2D eigenvalue weighted by atomic mass is 10.1. The molecule has 0 amide bonds. The maximum absolute atomic E-state index is 6.15. The van der Waals surface area contributed by atoms with Crippen molar-refractivity contribution < 1.29 is 9.57 Å². The lowest BCUT2D eigenvalue weighted by Gasteiger charge is -2.31. The van der Waals surface area contributed by atoms with E-state index in [-0.39, 0.29) is 5.60 Å². The minimum Gasteiger partial charge on any atom is -0.464 e. The molecule has 1 aliphatic rings. The Morgan fingerprint density at radius 1 is 1.33 bits per heavy atom. The number of halogens is 1. The number of thioether (sulfide) groups is 1. The molecule has 0 N–H and O–H groups in total. The van der Waals surface area contributed by atoms with Gasteiger partial charge in [0.15, 0.2) is 12.2 Å². The van der Waals surface area contributed by atoms with Gasteiger partial charge in [-0.1, -0.05) is 52.9 Å². The summed E-state index contributed by atoms with van der Waals surface area (Å²) in [7, 11) is 1.95. The molecule has 1 aromatic heterocycles. The minimum atomic E-state index is -0.360. The fraction of sp³-hybridized carbons (Fsp3) is 0.412. The SMILES string of the molecule is Cc1nn(C)c(SCc2ccccc2)c1C1=NOCC(C)(CI)O1. The van der Waals surface area contributed by atoms with Crippen LogP contribution in [0.5, 0.6) is 0 Å². The molecule has 0 spiro atoms. The molecule has 1 aromatic carbocycles. The van der Waals surface area contributed by atoms with Gasteiger partial charge >= 0.3 is 0 Å². The molecule has 128 valence electrons. The van der Waals surface area contributed by atoms with E-state index in [0.717, 1.165) is 26.5 Å². The van der Waals surface area contributed by atoms with Crippen LogP contribution in [0.3, 0.4) is 0 Å². The van der Waals surface area contributed by atoms with Crippen LogP contribution in [-0.4, -0.2) is 32.3 Å². The third-order valence-corrected chi connectivity index (χ3v) is 6.58. The van der Waals surface area contributed by atoms with E-state index in [1.807, 2.05) is 31.6 Å². The Balaban J connectivity index is 1.87. The third kappa shape index (κ3) is 3.72. The van der Waals surface area contributed by atoms with Crippen molar-refractivity contribution in [2.24, 2.45) is 12.2 Å². The Morgan fingerprint density at radius 3 is 2.79 bits per heavy atom. The van der Waals surface area contributed by atoms with Crippen molar-refractivity contribution in [2.45, 2.75) is 30.2 Å². The molecule has 1 atom stereocenters. The van der Waals surface area contributed by atoms with Gasteiger partial charge < -0.3 is 9.57 Å². The van der Waals surface area contributed by atoms with Crippen LogP contribution in [-0.2, 0) is 22.4 Å². The molecule has 0 aliphatic carbocycles. The number of nitrogens with zero attached hydrogens (tertiary/aromatic N) is 3. The first-order chi connectivity index (χ1) is 11.5. The molecule has 2 aromatic rings. The maximum atomic E-state index is 6.15. The van der Waals surface area contributed by atoms with Crippen LogP contribution in [0.4, 0.5) is 0 Å². The van der Waals surface area contributed by atoms with Gasteiger partial charge in [0.1, 0.15) is 5.03 Å². The predicted molar refractivity (Wildman–Crippen MR) is 105 cm³/mol. The molecule has 1 aliphatic heterocycles. The molecule has 0 saturated heterocycles. The van der Waals surface area contributed by atoms with E-state index in [4.69, 9.17) is 9.57 Å². The molecule has 0 saturated carbocycles. The smallest absolute Gasteiger partial charge is 0.262 e. The third-order valence-electron chi connectivity index (χ3n) is 3.74. The van der Waals surface area contributed by atoms with E-state index in [9.17, 15) is 0 Å². The molecule has 2 heterocycles. The van der Waals surface area contributed by atoms with E-state index in [0.29, 0.717) is 12.5 Å². The monoisotopic (exact) mass is 457 g/mol. The second-order valence-corrected chi connectivity index (χ2v) is 7.75. The number of alkyl halides is 1. The number of ether oxygens (including phenoxy) is 1. The Morgan fingerprint density at radius 2 is 2.08 bits per heavy atom. The normalized spacial score (nSPS) is 20.2. The average Bonchev–Trinajstić information content (AvgIpc) is 2.87. The highest BCUT2D eigenvalue weighted by Crippen LogP contribution is 2.31. The molecule has 3 rings (SSSR count). The molecule has 0 bridgehead atoms. The van der Waals surface area contributed by atoms with Crippen molar-refractivity contribution in [1.82, 2.24) is 9.78 Å². The van der Waals surface area contributed by atoms with E-state index in [2.05, 4.69) is 57.1 Å². The number of aryl methyl sites for hydroxylation is 2. The average molecular weight is 457 g/mol. The lowest BCUT2D eigenvalue weighted by Crippen LogP contribution is -2.41. The molecular formula is C17H20IN3O2S. The van der Waals surface area contributed by atoms with Crippen LogP contribution in [0.1, 0.15) is 23.7 Å². The van der Waals surface area contributed by atoms with Gasteiger partial charge in [0.05, 0.1) is 11.3 Å². The van der Waals surface area contributed by atoms with Gasteiger partial charge in [0.2, 0.25) is 0 Å². The number of oxime groups is 1. The molecular weight excluding hydrogens is 437 g/mol. The summed E-state index contributed by atoms with van der Waals surface area (Å²) in [6, 6.07) is 10.4. The second-order valence-electron chi connectivity index (χ2n) is 6.02. The standard InChI is InChI=1S/C17H20IN3O2S/c1-12-14(15-20-22-11-17(2,10-18)23-15)16(21(3)19-12)24-9-13-7-5-4-6-8-13/h4-8H,9-11H2,1-3H3. The first-order valence-electron chi connectivity index (χ1n) is 7.68. The van der Waals surface area contributed by atoms with E-state index in [1.165, 1.54) is 5.56 Å². The van der Waals surface area contributed by atoms with Crippen LogP contribution in [0.25, 0.3) is 0 Å². The summed E-state index contributed by atoms with van der Waals surface area (Å²) in [6.45, 7) is 4.48. The topological polar surface area (TPSA) is 48.6 Å². The number of rotatable bonds is 5. The van der Waals surface area contributed by atoms with Crippen LogP contribution >= 0.6 is 34.4 Å². The van der Waals surface area contributed by atoms with Gasteiger partial charge in [-0.3, -0.25) is 4.68 Å². The van der Waals surface area contributed by atoms with E-state index in [1.54, 1.807) is 11.8 Å². The maximum Gasteiger partial charge on any atom is 0.262 e. The molecule has 5 nitrogen and oxygen atoms in total. The summed E-state index contributed by atoms with van der Waals surface area (Å²) >= 11 is 4.04. The second kappa shape index (κ2) is 7.35. The summed E-state index contributed by atoms with van der Waals surface area (Å²) in [5.74, 6) is 1.39. The molecule has 1 unspecified atom stereocenters. The fourth-order valence-electron chi connectivity index (χ4n) is 2.45. The van der Waals surface area contributed by atoms with E-state index < -0.39 is 0 Å². The zero-order chi connectivity index (χ0) is 17.2. The fourth-order valence-corrected chi connectivity index (χ4v) is 3.92. The Labute approximate surface area is 159 Å². The van der Waals surface area contributed by atoms with Crippen molar-refractivity contribution in [1.29, 1.82) is 0 Å². The molecule has 0 fully saturated rings. The number of hydrogen-bond acceptors (Lipinski definition) is 5. The highest BCUT2D eigenvalue weighted by molar-refractivity contribution is 14.1. The van der Waals surface area contributed by atoms with Crippen LogP contribution < -0.4 is 0 Å². The van der Waals surface area contributed by atoms with Crippen molar-refractivity contribution in [2.75, 3.05) is 11.0 Å². The molecule has 0 radical (unpaired) electrons. The van der Waals surface area contributed by atoms with Gasteiger partial charge in [-0.25, -0.2) is 0 Å². The van der Waals surface area contributed by atoms with Crippen molar-refractivity contribution in [3.05, 3.63) is 47.2 Å². The highest BCUT2D eigenvalue weighted by Gasteiger charge is 2.34. The van der Waals surface area contributed by atoms with Gasteiger partial charge in [-0.2, -0.15) is 5.10 Å². The van der Waals surface area contributed by atoms with Gasteiger partial charge in [-0.05, 0) is 24.6 Å². The first kappa shape index (κ1) is 17.6. The number of aromatic nitrogens is 2. The largest absolute Gasteiger partial charge is 0.464 e. The Kier molecular flexibility index (Phi) is 5.39. The summed E-state index contributed by atoms with van der Waals surface area (Å²) < 4.78 is 8.86. The lowest BCUT2D eigenvalue weighted by molar-refractivity contribution is -0.0381. The molecule has 7 heteroatoms.